The van der Waals surface area contributed by atoms with Gasteiger partial charge >= 0.3 is 0 Å². The van der Waals surface area contributed by atoms with E-state index in [9.17, 15) is 0 Å². The maximum absolute atomic E-state index is 2.52. The van der Waals surface area contributed by atoms with Gasteiger partial charge < -0.3 is 0 Å². The van der Waals surface area contributed by atoms with E-state index in [0.717, 1.165) is 6.42 Å². The molecule has 0 spiro atoms. The first-order valence-electron chi connectivity index (χ1n) is 6.75. The maximum atomic E-state index is 2.52. The number of fused-ring (bicyclic) bond motifs is 2. The topological polar surface area (TPSA) is 3.24 Å². The molecule has 2 heteroatoms. The average Bonchev–Trinajstić information content (AvgIpc) is 2.43. The number of nitrogens with zero attached hydrogens (tertiary/aromatic N) is 1. The van der Waals surface area contributed by atoms with E-state index < -0.39 is 0 Å². The Morgan fingerprint density at radius 3 is 2.58 bits per heavy atom. The van der Waals surface area contributed by atoms with Gasteiger partial charge in [0.25, 0.3) is 0 Å². The zero-order valence-corrected chi connectivity index (χ0v) is 14.4. The molecule has 0 amide bonds. The minimum atomic E-state index is 0. The van der Waals surface area contributed by atoms with Gasteiger partial charge in [-0.1, -0.05) is 42.5 Å². The Labute approximate surface area is 147 Å². The number of hydrogen-bond donors (Lipinski definition) is 0. The van der Waals surface area contributed by atoms with Crippen molar-refractivity contribution in [2.24, 2.45) is 0 Å². The van der Waals surface area contributed by atoms with Crippen molar-refractivity contribution in [3.63, 3.8) is 0 Å². The second-order valence-electron chi connectivity index (χ2n) is 5.49. The third kappa shape index (κ3) is 2.10. The smallest absolute Gasteiger partial charge is 0.0394 e. The molecule has 94 valence electrons. The molecule has 1 aliphatic carbocycles. The summed E-state index contributed by atoms with van der Waals surface area (Å²) >= 11 is 0. The maximum Gasteiger partial charge on any atom is 0.0394 e. The molecule has 4 rings (SSSR count). The Morgan fingerprint density at radius 2 is 1.68 bits per heavy atom. The zero-order chi connectivity index (χ0) is 12.1. The zero-order valence-electron chi connectivity index (χ0n) is 11.2. The minimum Gasteiger partial charge on any atom is -0.299 e. The molecule has 0 saturated carbocycles. The Morgan fingerprint density at radius 1 is 0.947 bits per heavy atom. The summed E-state index contributed by atoms with van der Waals surface area (Å²) in [7, 11) is 2.26. The summed E-state index contributed by atoms with van der Waals surface area (Å²) in [5.74, 6) is 0. The van der Waals surface area contributed by atoms with E-state index in [1.807, 2.05) is 0 Å². The van der Waals surface area contributed by atoms with E-state index >= 15 is 0 Å². The molecule has 19 heavy (non-hydrogen) atoms. The molecule has 0 bridgehead atoms. The minimum absolute atomic E-state index is 0. The van der Waals surface area contributed by atoms with Gasteiger partial charge in [0.15, 0.2) is 0 Å². The van der Waals surface area contributed by atoms with Crippen LogP contribution in [0.4, 0.5) is 0 Å². The van der Waals surface area contributed by atoms with Crippen molar-refractivity contribution in [2.45, 2.75) is 18.9 Å². The summed E-state index contributed by atoms with van der Waals surface area (Å²) in [6, 6.07) is 16.3. The number of benzene rings is 2. The van der Waals surface area contributed by atoms with Crippen LogP contribution >= 0.6 is 0 Å². The normalized spacial score (nSPS) is 20.2. The van der Waals surface area contributed by atoms with Crippen LogP contribution in [-0.2, 0) is 12.8 Å². The molecule has 1 atom stereocenters. The fraction of sp³-hybridized carbons (Fsp3) is 0.294. The average molecular weight is 380 g/mol. The van der Waals surface area contributed by atoms with Crippen molar-refractivity contribution in [3.05, 3.63) is 59.2 Å². The Bertz CT molecular complexity index is 620. The number of rotatable bonds is 0. The van der Waals surface area contributed by atoms with Crippen molar-refractivity contribution in [2.75, 3.05) is 13.6 Å². The molecule has 2 aromatic rings. The standard InChI is InChI=1S/C17H17N.Nd/c1-18-10-9-12-6-4-8-15-14-7-3-2-5-13(14)11-16(18)17(12)15;/h2-8,16H,9-11H2,1H3;. The number of hydrogen-bond acceptors (Lipinski definition) is 1. The van der Waals surface area contributed by atoms with Crippen molar-refractivity contribution in [1.82, 2.24) is 4.90 Å². The first kappa shape index (κ1) is 13.7. The molecule has 0 N–H and O–H groups in total. The molecule has 1 heterocycles. The van der Waals surface area contributed by atoms with Gasteiger partial charge in [-0.25, -0.2) is 0 Å². The van der Waals surface area contributed by atoms with Crippen LogP contribution < -0.4 is 0 Å². The predicted molar refractivity (Wildman–Crippen MR) is 74.7 cm³/mol. The molecular formula is C17H17NNd. The second kappa shape index (κ2) is 5.27. The fourth-order valence-corrected chi connectivity index (χ4v) is 3.56. The van der Waals surface area contributed by atoms with E-state index in [-0.39, 0.29) is 40.8 Å². The van der Waals surface area contributed by atoms with Gasteiger partial charge in [-0.2, -0.15) is 0 Å². The van der Waals surface area contributed by atoms with Crippen molar-refractivity contribution >= 4 is 0 Å². The Kier molecular flexibility index (Phi) is 3.80. The van der Waals surface area contributed by atoms with Crippen LogP contribution in [0.25, 0.3) is 11.1 Å². The first-order valence-corrected chi connectivity index (χ1v) is 6.75. The molecule has 0 radical (unpaired) electrons. The molecule has 2 aromatic carbocycles. The second-order valence-corrected chi connectivity index (χ2v) is 5.49. The van der Waals surface area contributed by atoms with Crippen LogP contribution in [-0.4, -0.2) is 18.5 Å². The Hall–Kier alpha value is -0.249. The Balaban J connectivity index is 0.00000110. The third-order valence-corrected chi connectivity index (χ3v) is 4.52. The van der Waals surface area contributed by atoms with E-state index in [4.69, 9.17) is 0 Å². The molecule has 0 fully saturated rings. The van der Waals surface area contributed by atoms with Gasteiger partial charge in [0, 0.05) is 53.4 Å². The SMILES string of the molecule is CN1CCc2cccc3c2C1Cc1ccccc1-3.[Nd]. The molecular weight excluding hydrogens is 362 g/mol. The molecule has 1 nitrogen and oxygen atoms in total. The summed E-state index contributed by atoms with van der Waals surface area (Å²) in [6.07, 6.45) is 2.36. The van der Waals surface area contributed by atoms with Gasteiger partial charge in [-0.05, 0) is 47.7 Å². The van der Waals surface area contributed by atoms with Gasteiger partial charge in [-0.15, -0.1) is 0 Å². The molecule has 1 aliphatic heterocycles. The summed E-state index contributed by atoms with van der Waals surface area (Å²) in [5.41, 5.74) is 7.56. The predicted octanol–water partition coefficient (Wildman–Crippen LogP) is 3.44. The molecule has 1 unspecified atom stereocenters. The number of likely N-dealkylation sites (N-methyl/N-ethyl adjacent to an activating group) is 1. The fourth-order valence-electron chi connectivity index (χ4n) is 3.56. The van der Waals surface area contributed by atoms with Crippen molar-refractivity contribution < 1.29 is 40.8 Å². The van der Waals surface area contributed by atoms with Crippen LogP contribution in [0, 0.1) is 40.8 Å². The molecule has 2 aliphatic rings. The molecule has 0 saturated heterocycles. The van der Waals surface area contributed by atoms with E-state index in [2.05, 4.69) is 54.4 Å². The van der Waals surface area contributed by atoms with E-state index in [1.165, 1.54) is 29.7 Å². The third-order valence-electron chi connectivity index (χ3n) is 4.52. The summed E-state index contributed by atoms with van der Waals surface area (Å²) in [5, 5.41) is 0. The summed E-state index contributed by atoms with van der Waals surface area (Å²) in [4.78, 5) is 2.52. The van der Waals surface area contributed by atoms with Gasteiger partial charge in [0.2, 0.25) is 0 Å². The van der Waals surface area contributed by atoms with E-state index in [0.29, 0.717) is 6.04 Å². The first-order chi connectivity index (χ1) is 8.84. The van der Waals surface area contributed by atoms with Crippen molar-refractivity contribution in [3.8, 4) is 11.1 Å². The monoisotopic (exact) mass is 377 g/mol. The van der Waals surface area contributed by atoms with Crippen LogP contribution in [0.2, 0.25) is 0 Å². The largest absolute Gasteiger partial charge is 0.299 e. The van der Waals surface area contributed by atoms with Crippen LogP contribution in [0.5, 0.6) is 0 Å². The van der Waals surface area contributed by atoms with Gasteiger partial charge in [-0.3, -0.25) is 4.90 Å². The van der Waals surface area contributed by atoms with Crippen LogP contribution in [0.3, 0.4) is 0 Å². The quantitative estimate of drug-likeness (QED) is 0.678. The molecule has 0 aromatic heterocycles. The van der Waals surface area contributed by atoms with Crippen molar-refractivity contribution in [1.29, 1.82) is 0 Å². The van der Waals surface area contributed by atoms with E-state index in [1.54, 1.807) is 11.1 Å². The van der Waals surface area contributed by atoms with Crippen LogP contribution in [0.1, 0.15) is 22.7 Å². The van der Waals surface area contributed by atoms with Gasteiger partial charge in [0.1, 0.15) is 0 Å². The summed E-state index contributed by atoms with van der Waals surface area (Å²) in [6.45, 7) is 1.18. The van der Waals surface area contributed by atoms with Gasteiger partial charge in [0.05, 0.1) is 0 Å². The summed E-state index contributed by atoms with van der Waals surface area (Å²) < 4.78 is 0. The van der Waals surface area contributed by atoms with Crippen LogP contribution in [0.15, 0.2) is 42.5 Å².